The van der Waals surface area contributed by atoms with Gasteiger partial charge in [0.2, 0.25) is 0 Å². The SMILES string of the molecule is Cc1cc(C(=O)O)cc(N(CC(F)(F)F)C(=O)OCC2c3ccccc3-c3ccccc32)n1. The first kappa shape index (κ1) is 22.3. The lowest BCUT2D eigenvalue weighted by Crippen LogP contribution is -2.40. The molecule has 9 heteroatoms. The molecule has 0 atom stereocenters. The molecule has 0 saturated carbocycles. The average Bonchev–Trinajstić information content (AvgIpc) is 3.08. The molecule has 0 unspecified atom stereocenters. The highest BCUT2D eigenvalue weighted by molar-refractivity contribution is 5.92. The van der Waals surface area contributed by atoms with Crippen molar-refractivity contribution in [3.05, 3.63) is 83.0 Å². The maximum absolute atomic E-state index is 13.3. The van der Waals surface area contributed by atoms with E-state index in [1.807, 2.05) is 48.5 Å². The van der Waals surface area contributed by atoms with Gasteiger partial charge in [0.05, 0.1) is 5.56 Å². The summed E-state index contributed by atoms with van der Waals surface area (Å²) in [5.74, 6) is -2.13. The second-order valence-electron chi connectivity index (χ2n) is 7.67. The minimum absolute atomic E-state index is 0.156. The van der Waals surface area contributed by atoms with Crippen LogP contribution in [0.1, 0.15) is 33.1 Å². The standard InChI is InChI=1S/C24H19F3N2O4/c1-14-10-15(22(30)31)11-21(28-14)29(13-24(25,26)27)23(32)33-12-20-18-8-4-2-6-16(18)17-7-3-5-9-19(17)20/h2-11,20H,12-13H2,1H3,(H,30,31). The van der Waals surface area contributed by atoms with Crippen LogP contribution in [-0.2, 0) is 4.74 Å². The van der Waals surface area contributed by atoms with E-state index in [2.05, 4.69) is 4.98 Å². The Kier molecular flexibility index (Phi) is 5.80. The molecule has 3 aromatic rings. The number of anilines is 1. The molecule has 2 aromatic carbocycles. The number of carbonyl (C=O) groups is 2. The summed E-state index contributed by atoms with van der Waals surface area (Å²) in [6.45, 7) is -0.419. The van der Waals surface area contributed by atoms with Gasteiger partial charge in [0, 0.05) is 11.6 Å². The Labute approximate surface area is 187 Å². The number of aromatic nitrogens is 1. The molecule has 1 aromatic heterocycles. The lowest BCUT2D eigenvalue weighted by atomic mass is 9.98. The van der Waals surface area contributed by atoms with Gasteiger partial charge in [0.15, 0.2) is 0 Å². The molecule has 1 heterocycles. The van der Waals surface area contributed by atoms with Crippen molar-refractivity contribution >= 4 is 17.9 Å². The minimum Gasteiger partial charge on any atom is -0.478 e. The number of fused-ring (bicyclic) bond motifs is 3. The van der Waals surface area contributed by atoms with Crippen molar-refractivity contribution in [2.75, 3.05) is 18.1 Å². The van der Waals surface area contributed by atoms with E-state index < -0.39 is 30.6 Å². The summed E-state index contributed by atoms with van der Waals surface area (Å²) in [6, 6.07) is 17.3. The fourth-order valence-electron chi connectivity index (χ4n) is 4.00. The number of carboxylic acid groups (broad SMARTS) is 1. The number of aromatic carboxylic acids is 1. The molecule has 33 heavy (non-hydrogen) atoms. The number of hydrogen-bond acceptors (Lipinski definition) is 4. The lowest BCUT2D eigenvalue weighted by Gasteiger charge is -2.24. The van der Waals surface area contributed by atoms with Crippen molar-refractivity contribution in [2.24, 2.45) is 0 Å². The number of amides is 1. The highest BCUT2D eigenvalue weighted by atomic mass is 19.4. The number of nitrogens with zero attached hydrogens (tertiary/aromatic N) is 2. The van der Waals surface area contributed by atoms with Crippen LogP contribution in [0.25, 0.3) is 11.1 Å². The Morgan fingerprint density at radius 2 is 1.61 bits per heavy atom. The number of carbonyl (C=O) groups excluding carboxylic acids is 1. The third kappa shape index (κ3) is 4.67. The van der Waals surface area contributed by atoms with Crippen LogP contribution in [0, 0.1) is 6.92 Å². The van der Waals surface area contributed by atoms with E-state index in [1.165, 1.54) is 13.0 Å². The van der Waals surface area contributed by atoms with E-state index in [-0.39, 0.29) is 23.8 Å². The molecule has 0 saturated heterocycles. The topological polar surface area (TPSA) is 79.7 Å². The van der Waals surface area contributed by atoms with Crippen molar-refractivity contribution in [1.82, 2.24) is 4.98 Å². The van der Waals surface area contributed by atoms with Gasteiger partial charge in [-0.2, -0.15) is 13.2 Å². The van der Waals surface area contributed by atoms with E-state index in [9.17, 15) is 27.9 Å². The maximum Gasteiger partial charge on any atom is 0.415 e. The molecular formula is C24H19F3N2O4. The van der Waals surface area contributed by atoms with Crippen LogP contribution < -0.4 is 4.90 Å². The minimum atomic E-state index is -4.75. The largest absolute Gasteiger partial charge is 0.478 e. The second kappa shape index (κ2) is 8.57. The van der Waals surface area contributed by atoms with Crippen LogP contribution in [-0.4, -0.2) is 41.5 Å². The van der Waals surface area contributed by atoms with Crippen molar-refractivity contribution in [3.63, 3.8) is 0 Å². The van der Waals surface area contributed by atoms with Gasteiger partial charge in [-0.25, -0.2) is 14.6 Å². The fraction of sp³-hybridized carbons (Fsp3) is 0.208. The molecule has 170 valence electrons. The zero-order valence-electron chi connectivity index (χ0n) is 17.5. The van der Waals surface area contributed by atoms with E-state index in [0.29, 0.717) is 4.90 Å². The fourth-order valence-corrected chi connectivity index (χ4v) is 4.00. The monoisotopic (exact) mass is 456 g/mol. The van der Waals surface area contributed by atoms with E-state index in [4.69, 9.17) is 4.74 Å². The van der Waals surface area contributed by atoms with Gasteiger partial charge in [0.1, 0.15) is 19.0 Å². The highest BCUT2D eigenvalue weighted by Crippen LogP contribution is 2.44. The van der Waals surface area contributed by atoms with Crippen molar-refractivity contribution < 1.29 is 32.6 Å². The molecule has 0 bridgehead atoms. The Bertz CT molecular complexity index is 1180. The summed E-state index contributed by atoms with van der Waals surface area (Å²) >= 11 is 0. The predicted octanol–water partition coefficient (Wildman–Crippen LogP) is 5.41. The number of carboxylic acids is 1. The van der Waals surface area contributed by atoms with Gasteiger partial charge in [-0.05, 0) is 41.3 Å². The first-order chi connectivity index (χ1) is 15.6. The first-order valence-electron chi connectivity index (χ1n) is 10.1. The number of aryl methyl sites for hydroxylation is 1. The number of hydrogen-bond donors (Lipinski definition) is 1. The molecule has 0 spiro atoms. The third-order valence-corrected chi connectivity index (χ3v) is 5.36. The van der Waals surface area contributed by atoms with Crippen LogP contribution in [0.5, 0.6) is 0 Å². The molecular weight excluding hydrogens is 437 g/mol. The van der Waals surface area contributed by atoms with Crippen LogP contribution >= 0.6 is 0 Å². The Morgan fingerprint density at radius 3 is 2.15 bits per heavy atom. The van der Waals surface area contributed by atoms with Gasteiger partial charge >= 0.3 is 18.2 Å². The third-order valence-electron chi connectivity index (χ3n) is 5.36. The molecule has 6 nitrogen and oxygen atoms in total. The molecule has 0 aliphatic heterocycles. The van der Waals surface area contributed by atoms with E-state index >= 15 is 0 Å². The quantitative estimate of drug-likeness (QED) is 0.556. The van der Waals surface area contributed by atoms with Gasteiger partial charge in [-0.15, -0.1) is 0 Å². The second-order valence-corrected chi connectivity index (χ2v) is 7.67. The van der Waals surface area contributed by atoms with E-state index in [0.717, 1.165) is 28.3 Å². The van der Waals surface area contributed by atoms with Crippen LogP contribution in [0.15, 0.2) is 60.7 Å². The van der Waals surface area contributed by atoms with Gasteiger partial charge in [0.25, 0.3) is 0 Å². The summed E-state index contributed by atoms with van der Waals surface area (Å²) < 4.78 is 45.1. The molecule has 1 N–H and O–H groups in total. The van der Waals surface area contributed by atoms with Crippen molar-refractivity contribution in [3.8, 4) is 11.1 Å². The Morgan fingerprint density at radius 1 is 1.03 bits per heavy atom. The molecule has 1 aliphatic carbocycles. The Balaban J connectivity index is 1.62. The van der Waals surface area contributed by atoms with Crippen LogP contribution in [0.3, 0.4) is 0 Å². The molecule has 1 amide bonds. The summed E-state index contributed by atoms with van der Waals surface area (Å²) in [4.78, 5) is 28.4. The number of rotatable bonds is 5. The summed E-state index contributed by atoms with van der Waals surface area (Å²) in [5, 5.41) is 9.23. The van der Waals surface area contributed by atoms with Gasteiger partial charge in [-0.3, -0.25) is 4.90 Å². The smallest absolute Gasteiger partial charge is 0.415 e. The molecule has 1 aliphatic rings. The zero-order chi connectivity index (χ0) is 23.8. The summed E-state index contributed by atoms with van der Waals surface area (Å²) in [6.07, 6.45) is -6.01. The number of halogens is 3. The average molecular weight is 456 g/mol. The molecule has 4 rings (SSSR count). The van der Waals surface area contributed by atoms with Crippen LogP contribution in [0.4, 0.5) is 23.8 Å². The normalized spacial score (nSPS) is 12.7. The Hall–Kier alpha value is -3.88. The highest BCUT2D eigenvalue weighted by Gasteiger charge is 2.37. The number of alkyl halides is 3. The van der Waals surface area contributed by atoms with Gasteiger partial charge in [-0.1, -0.05) is 48.5 Å². The number of pyridine rings is 1. The lowest BCUT2D eigenvalue weighted by molar-refractivity contribution is -0.119. The van der Waals surface area contributed by atoms with E-state index in [1.54, 1.807) is 0 Å². The summed E-state index contributed by atoms with van der Waals surface area (Å²) in [7, 11) is 0. The number of benzene rings is 2. The maximum atomic E-state index is 13.3. The van der Waals surface area contributed by atoms with Crippen LogP contribution in [0.2, 0.25) is 0 Å². The number of ether oxygens (including phenoxy) is 1. The van der Waals surface area contributed by atoms with Gasteiger partial charge < -0.3 is 9.84 Å². The molecule has 0 radical (unpaired) electrons. The zero-order valence-corrected chi connectivity index (χ0v) is 17.5. The predicted molar refractivity (Wildman–Crippen MR) is 114 cm³/mol. The first-order valence-corrected chi connectivity index (χ1v) is 10.1. The summed E-state index contributed by atoms with van der Waals surface area (Å²) in [5.41, 5.74) is 3.66. The molecule has 0 fully saturated rings. The van der Waals surface area contributed by atoms with Crippen molar-refractivity contribution in [2.45, 2.75) is 19.0 Å². The van der Waals surface area contributed by atoms with Crippen molar-refractivity contribution in [1.29, 1.82) is 0 Å².